The standard InChI is InChI=1S/C24H30Cl3N3O4S/c1-5-16(3)28-24(32)22(6-2)29(14-17-10-11-19(26)13-21(17)27)23(31)15-30(35(4,33)34)20-9-7-8-18(25)12-20/h7-13,16,22H,5-6,14-15H2,1-4H3,(H,28,32)/t16-,22+/m1/s1. The Kier molecular flexibility index (Phi) is 10.7. The summed E-state index contributed by atoms with van der Waals surface area (Å²) in [6.45, 7) is 5.08. The molecule has 0 aliphatic rings. The lowest BCUT2D eigenvalue weighted by molar-refractivity contribution is -0.140. The van der Waals surface area contributed by atoms with Crippen LogP contribution in [0.2, 0.25) is 15.1 Å². The molecule has 0 unspecified atom stereocenters. The van der Waals surface area contributed by atoms with Gasteiger partial charge in [0.2, 0.25) is 21.8 Å². The molecule has 0 fully saturated rings. The number of rotatable bonds is 11. The average molecular weight is 563 g/mol. The molecule has 0 heterocycles. The number of amides is 2. The molecule has 0 radical (unpaired) electrons. The molecule has 1 N–H and O–H groups in total. The van der Waals surface area contributed by atoms with Gasteiger partial charge in [0.1, 0.15) is 12.6 Å². The van der Waals surface area contributed by atoms with Crippen LogP contribution in [0.5, 0.6) is 0 Å². The molecule has 0 saturated carbocycles. The predicted octanol–water partition coefficient (Wildman–Crippen LogP) is 5.13. The van der Waals surface area contributed by atoms with Gasteiger partial charge in [0.25, 0.3) is 0 Å². The van der Waals surface area contributed by atoms with Gasteiger partial charge in [0.05, 0.1) is 11.9 Å². The van der Waals surface area contributed by atoms with Gasteiger partial charge in [-0.25, -0.2) is 8.42 Å². The zero-order valence-electron chi connectivity index (χ0n) is 20.1. The van der Waals surface area contributed by atoms with E-state index in [4.69, 9.17) is 34.8 Å². The normalized spacial score (nSPS) is 13.1. The van der Waals surface area contributed by atoms with Crippen molar-refractivity contribution in [3.05, 3.63) is 63.1 Å². The van der Waals surface area contributed by atoms with Crippen LogP contribution in [0.1, 0.15) is 39.2 Å². The summed E-state index contributed by atoms with van der Waals surface area (Å²) in [4.78, 5) is 28.1. The minimum atomic E-state index is -3.84. The van der Waals surface area contributed by atoms with Crippen molar-refractivity contribution in [3.8, 4) is 0 Å². The Labute approximate surface area is 222 Å². The zero-order valence-corrected chi connectivity index (χ0v) is 23.2. The van der Waals surface area contributed by atoms with Gasteiger partial charge < -0.3 is 10.2 Å². The van der Waals surface area contributed by atoms with Gasteiger partial charge in [-0.1, -0.05) is 60.8 Å². The van der Waals surface area contributed by atoms with Crippen molar-refractivity contribution in [1.29, 1.82) is 0 Å². The van der Waals surface area contributed by atoms with Crippen molar-refractivity contribution >= 4 is 62.3 Å². The molecule has 35 heavy (non-hydrogen) atoms. The van der Waals surface area contributed by atoms with Gasteiger partial charge in [-0.15, -0.1) is 0 Å². The monoisotopic (exact) mass is 561 g/mol. The Morgan fingerprint density at radius 3 is 2.20 bits per heavy atom. The molecule has 2 aromatic rings. The molecule has 2 rings (SSSR count). The number of halogens is 3. The lowest BCUT2D eigenvalue weighted by Crippen LogP contribution is -2.53. The first-order chi connectivity index (χ1) is 16.4. The summed E-state index contributed by atoms with van der Waals surface area (Å²) in [5.74, 6) is -0.887. The van der Waals surface area contributed by atoms with Gasteiger partial charge in [-0.3, -0.25) is 13.9 Å². The second-order valence-corrected chi connectivity index (χ2v) is 11.4. The van der Waals surface area contributed by atoms with Crippen LogP contribution >= 0.6 is 34.8 Å². The molecule has 0 aromatic heterocycles. The van der Waals surface area contributed by atoms with Gasteiger partial charge in [-0.05, 0) is 55.7 Å². The maximum absolute atomic E-state index is 13.6. The molecule has 11 heteroatoms. The molecule has 2 amide bonds. The van der Waals surface area contributed by atoms with Crippen LogP contribution in [0.4, 0.5) is 5.69 Å². The molecule has 0 bridgehead atoms. The number of hydrogen-bond donors (Lipinski definition) is 1. The highest BCUT2D eigenvalue weighted by Gasteiger charge is 2.32. The highest BCUT2D eigenvalue weighted by molar-refractivity contribution is 7.92. The number of hydrogen-bond acceptors (Lipinski definition) is 4. The summed E-state index contributed by atoms with van der Waals surface area (Å²) in [5, 5.41) is 4.01. The first kappa shape index (κ1) is 29.2. The van der Waals surface area contributed by atoms with Gasteiger partial charge in [-0.2, -0.15) is 0 Å². The fourth-order valence-electron chi connectivity index (χ4n) is 3.44. The summed E-state index contributed by atoms with van der Waals surface area (Å²) in [7, 11) is -3.84. The Morgan fingerprint density at radius 1 is 1.00 bits per heavy atom. The van der Waals surface area contributed by atoms with Gasteiger partial charge >= 0.3 is 0 Å². The summed E-state index contributed by atoms with van der Waals surface area (Å²) >= 11 is 18.4. The number of carbonyl (C=O) groups is 2. The molecular weight excluding hydrogens is 533 g/mol. The quantitative estimate of drug-likeness (QED) is 0.411. The van der Waals surface area contributed by atoms with Crippen LogP contribution in [0.15, 0.2) is 42.5 Å². The molecule has 0 aliphatic carbocycles. The average Bonchev–Trinajstić information content (AvgIpc) is 2.77. The summed E-state index contributed by atoms with van der Waals surface area (Å²) in [6.07, 6.45) is 2.04. The van der Waals surface area contributed by atoms with Crippen LogP contribution in [-0.4, -0.2) is 50.0 Å². The topological polar surface area (TPSA) is 86.8 Å². The largest absolute Gasteiger partial charge is 0.352 e. The summed E-state index contributed by atoms with van der Waals surface area (Å²) < 4.78 is 26.2. The fraction of sp³-hybridized carbons (Fsp3) is 0.417. The lowest BCUT2D eigenvalue weighted by atomic mass is 10.1. The number of nitrogens with zero attached hydrogens (tertiary/aromatic N) is 2. The van der Waals surface area contributed by atoms with Crippen molar-refractivity contribution in [1.82, 2.24) is 10.2 Å². The van der Waals surface area contributed by atoms with E-state index in [1.807, 2.05) is 13.8 Å². The highest BCUT2D eigenvalue weighted by Crippen LogP contribution is 2.26. The Morgan fingerprint density at radius 2 is 1.66 bits per heavy atom. The minimum absolute atomic E-state index is 0.00554. The van der Waals surface area contributed by atoms with E-state index in [-0.39, 0.29) is 24.2 Å². The van der Waals surface area contributed by atoms with E-state index in [1.54, 1.807) is 43.3 Å². The molecule has 7 nitrogen and oxygen atoms in total. The third-order valence-electron chi connectivity index (χ3n) is 5.52. The smallest absolute Gasteiger partial charge is 0.244 e. The molecule has 2 atom stereocenters. The van der Waals surface area contributed by atoms with E-state index in [1.165, 1.54) is 11.0 Å². The second-order valence-electron chi connectivity index (χ2n) is 8.25. The number of anilines is 1. The highest BCUT2D eigenvalue weighted by atomic mass is 35.5. The Hall–Kier alpha value is -2.00. The Bertz CT molecular complexity index is 1160. The van der Waals surface area contributed by atoms with Crippen molar-refractivity contribution in [2.24, 2.45) is 0 Å². The van der Waals surface area contributed by atoms with E-state index in [0.717, 1.165) is 17.0 Å². The number of nitrogens with one attached hydrogen (secondary N) is 1. The summed E-state index contributed by atoms with van der Waals surface area (Å²) in [6, 6.07) is 10.1. The third kappa shape index (κ3) is 8.27. The van der Waals surface area contributed by atoms with E-state index in [9.17, 15) is 18.0 Å². The molecule has 192 valence electrons. The second kappa shape index (κ2) is 12.8. The maximum Gasteiger partial charge on any atom is 0.244 e. The molecule has 0 spiro atoms. The van der Waals surface area contributed by atoms with Crippen molar-refractivity contribution in [2.45, 2.75) is 52.2 Å². The van der Waals surface area contributed by atoms with E-state index >= 15 is 0 Å². The third-order valence-corrected chi connectivity index (χ3v) is 7.48. The van der Waals surface area contributed by atoms with E-state index in [2.05, 4.69) is 5.32 Å². The van der Waals surface area contributed by atoms with E-state index < -0.39 is 28.5 Å². The van der Waals surface area contributed by atoms with E-state index in [0.29, 0.717) is 27.1 Å². The van der Waals surface area contributed by atoms with Crippen LogP contribution in [0.25, 0.3) is 0 Å². The SMILES string of the molecule is CC[C@@H](C)NC(=O)[C@H](CC)N(Cc1ccc(Cl)cc1Cl)C(=O)CN(c1cccc(Cl)c1)S(C)(=O)=O. The maximum atomic E-state index is 13.6. The van der Waals surface area contributed by atoms with Crippen molar-refractivity contribution in [3.63, 3.8) is 0 Å². The van der Waals surface area contributed by atoms with Crippen LogP contribution < -0.4 is 9.62 Å². The first-order valence-corrected chi connectivity index (χ1v) is 14.1. The van der Waals surface area contributed by atoms with Gasteiger partial charge in [0.15, 0.2) is 0 Å². The lowest BCUT2D eigenvalue weighted by Gasteiger charge is -2.33. The van der Waals surface area contributed by atoms with Crippen LogP contribution in [0.3, 0.4) is 0 Å². The van der Waals surface area contributed by atoms with Crippen molar-refractivity contribution < 1.29 is 18.0 Å². The Balaban J connectivity index is 2.48. The number of benzene rings is 2. The molecule has 0 aliphatic heterocycles. The molecular formula is C24H30Cl3N3O4S. The van der Waals surface area contributed by atoms with Crippen molar-refractivity contribution in [2.75, 3.05) is 17.1 Å². The number of carbonyl (C=O) groups excluding carboxylic acids is 2. The summed E-state index contributed by atoms with van der Waals surface area (Å²) in [5.41, 5.74) is 0.822. The van der Waals surface area contributed by atoms with Crippen LogP contribution in [-0.2, 0) is 26.2 Å². The molecule has 0 saturated heterocycles. The number of sulfonamides is 1. The predicted molar refractivity (Wildman–Crippen MR) is 143 cm³/mol. The fourth-order valence-corrected chi connectivity index (χ4v) is 4.93. The first-order valence-electron chi connectivity index (χ1n) is 11.1. The van der Waals surface area contributed by atoms with Crippen LogP contribution in [0, 0.1) is 0 Å². The molecule has 2 aromatic carbocycles. The van der Waals surface area contributed by atoms with Gasteiger partial charge in [0, 0.05) is 27.7 Å². The minimum Gasteiger partial charge on any atom is -0.352 e. The zero-order chi connectivity index (χ0) is 26.3.